The molecule has 0 aliphatic carbocycles. The minimum Gasteiger partial charge on any atom is -0.477 e. The predicted octanol–water partition coefficient (Wildman–Crippen LogP) is 3.60. The van der Waals surface area contributed by atoms with Crippen LogP contribution >= 0.6 is 0 Å². The molecule has 2 aromatic heterocycles. The van der Waals surface area contributed by atoms with Gasteiger partial charge in [-0.15, -0.1) is 10.2 Å². The van der Waals surface area contributed by atoms with Crippen LogP contribution in [0, 0.1) is 21.7 Å². The zero-order chi connectivity index (χ0) is 20.4. The van der Waals surface area contributed by atoms with Crippen LogP contribution in [-0.2, 0) is 6.42 Å². The third-order valence-electron chi connectivity index (χ3n) is 4.24. The molecule has 29 heavy (non-hydrogen) atoms. The van der Waals surface area contributed by atoms with Crippen molar-refractivity contribution in [3.63, 3.8) is 0 Å². The maximum Gasteiger partial charge on any atom is 0.269 e. The van der Waals surface area contributed by atoms with Crippen LogP contribution in [0.2, 0.25) is 0 Å². The topological polar surface area (TPSA) is 95.5 Å². The molecule has 0 saturated carbocycles. The Morgan fingerprint density at radius 3 is 2.55 bits per heavy atom. The molecular weight excluding hydrogens is 384 g/mol. The predicted molar refractivity (Wildman–Crippen MR) is 98.4 cm³/mol. The molecule has 8 nitrogen and oxygen atoms in total. The summed E-state index contributed by atoms with van der Waals surface area (Å²) >= 11 is 0. The van der Waals surface area contributed by atoms with E-state index in [9.17, 15) is 18.9 Å². The van der Waals surface area contributed by atoms with E-state index in [4.69, 9.17) is 4.74 Å². The van der Waals surface area contributed by atoms with Crippen LogP contribution in [-0.4, -0.2) is 31.1 Å². The van der Waals surface area contributed by atoms with Gasteiger partial charge in [-0.2, -0.15) is 0 Å². The molecule has 0 fully saturated rings. The van der Waals surface area contributed by atoms with Crippen LogP contribution in [0.3, 0.4) is 0 Å². The number of non-ortho nitro benzene ring substituents is 1. The number of fused-ring (bicyclic) bond motifs is 1. The molecule has 0 unspecified atom stereocenters. The molecular formula is C19H13F2N5O3. The lowest BCUT2D eigenvalue weighted by Crippen LogP contribution is -2.06. The van der Waals surface area contributed by atoms with E-state index in [0.29, 0.717) is 34.9 Å². The van der Waals surface area contributed by atoms with Crippen LogP contribution in [0.4, 0.5) is 14.5 Å². The third-order valence-corrected chi connectivity index (χ3v) is 4.24. The van der Waals surface area contributed by atoms with E-state index in [-0.39, 0.29) is 12.3 Å². The lowest BCUT2D eigenvalue weighted by atomic mass is 10.1. The van der Waals surface area contributed by atoms with Crippen molar-refractivity contribution in [2.24, 2.45) is 0 Å². The minimum atomic E-state index is -0.912. The Labute approximate surface area is 162 Å². The number of benzene rings is 2. The molecule has 10 heteroatoms. The maximum absolute atomic E-state index is 13.3. The number of halogens is 2. The van der Waals surface area contributed by atoms with Gasteiger partial charge in [-0.1, -0.05) is 6.07 Å². The molecule has 4 rings (SSSR count). The molecule has 2 aromatic carbocycles. The Bertz CT molecular complexity index is 1190. The molecule has 0 radical (unpaired) electrons. The van der Waals surface area contributed by atoms with Crippen LogP contribution < -0.4 is 4.74 Å². The largest absolute Gasteiger partial charge is 0.477 e. The molecule has 0 atom stereocenters. The highest BCUT2D eigenvalue weighted by Crippen LogP contribution is 2.25. The van der Waals surface area contributed by atoms with Crippen molar-refractivity contribution in [2.45, 2.75) is 6.42 Å². The molecule has 0 amide bonds. The summed E-state index contributed by atoms with van der Waals surface area (Å²) in [5.41, 5.74) is 1.60. The third kappa shape index (κ3) is 3.72. The molecule has 0 bridgehead atoms. The monoisotopic (exact) mass is 397 g/mol. The molecule has 0 N–H and O–H groups in total. The van der Waals surface area contributed by atoms with Crippen LogP contribution in [0.5, 0.6) is 5.88 Å². The normalized spacial score (nSPS) is 11.0. The number of hydrogen-bond acceptors (Lipinski definition) is 6. The first-order valence-electron chi connectivity index (χ1n) is 8.53. The van der Waals surface area contributed by atoms with Gasteiger partial charge in [-0.3, -0.25) is 15.1 Å². The molecule has 2 heterocycles. The molecule has 0 saturated heterocycles. The van der Waals surface area contributed by atoms with Crippen molar-refractivity contribution in [2.75, 3.05) is 6.61 Å². The Morgan fingerprint density at radius 2 is 1.83 bits per heavy atom. The Morgan fingerprint density at radius 1 is 1.03 bits per heavy atom. The average Bonchev–Trinajstić information content (AvgIpc) is 3.16. The quantitative estimate of drug-likeness (QED) is 0.364. The zero-order valence-corrected chi connectivity index (χ0v) is 14.8. The van der Waals surface area contributed by atoms with E-state index in [2.05, 4.69) is 15.2 Å². The van der Waals surface area contributed by atoms with Gasteiger partial charge >= 0.3 is 0 Å². The van der Waals surface area contributed by atoms with Crippen LogP contribution in [0.25, 0.3) is 17.0 Å². The van der Waals surface area contributed by atoms with Gasteiger partial charge in [0.05, 0.1) is 23.9 Å². The SMILES string of the molecule is O=[N+]([O-])c1ccc(-c2nnc3cncc(OCCc4ccc(F)c(F)c4)n23)cc1. The second kappa shape index (κ2) is 7.58. The van der Waals surface area contributed by atoms with E-state index in [1.165, 1.54) is 30.6 Å². The second-order valence-electron chi connectivity index (χ2n) is 6.11. The number of nitro benzene ring substituents is 1. The first-order chi connectivity index (χ1) is 14.0. The highest BCUT2D eigenvalue weighted by atomic mass is 19.2. The number of nitrogens with zero attached hydrogens (tertiary/aromatic N) is 5. The minimum absolute atomic E-state index is 0.0350. The van der Waals surface area contributed by atoms with E-state index >= 15 is 0 Å². The van der Waals surface area contributed by atoms with Gasteiger partial charge in [0.25, 0.3) is 5.69 Å². The van der Waals surface area contributed by atoms with E-state index in [0.717, 1.165) is 12.1 Å². The first kappa shape index (κ1) is 18.4. The van der Waals surface area contributed by atoms with E-state index < -0.39 is 16.6 Å². The van der Waals surface area contributed by atoms with Gasteiger partial charge in [0.1, 0.15) is 0 Å². The van der Waals surface area contributed by atoms with Gasteiger partial charge in [0.15, 0.2) is 23.1 Å². The number of ether oxygens (including phenoxy) is 1. The van der Waals surface area contributed by atoms with Crippen LogP contribution in [0.15, 0.2) is 54.9 Å². The van der Waals surface area contributed by atoms with Crippen molar-refractivity contribution < 1.29 is 18.4 Å². The summed E-state index contributed by atoms with van der Waals surface area (Å²) in [7, 11) is 0. The molecule has 146 valence electrons. The summed E-state index contributed by atoms with van der Waals surface area (Å²) in [5, 5.41) is 19.0. The lowest BCUT2D eigenvalue weighted by Gasteiger charge is -2.09. The highest BCUT2D eigenvalue weighted by molar-refractivity contribution is 5.61. The summed E-state index contributed by atoms with van der Waals surface area (Å²) in [5.74, 6) is -1.03. The molecule has 0 spiro atoms. The summed E-state index contributed by atoms with van der Waals surface area (Å²) < 4.78 is 33.8. The van der Waals surface area contributed by atoms with Crippen molar-refractivity contribution in [1.29, 1.82) is 0 Å². The molecule has 0 aliphatic rings. The lowest BCUT2D eigenvalue weighted by molar-refractivity contribution is -0.384. The highest BCUT2D eigenvalue weighted by Gasteiger charge is 2.14. The van der Waals surface area contributed by atoms with Gasteiger partial charge < -0.3 is 4.74 Å². The van der Waals surface area contributed by atoms with Gasteiger partial charge in [0.2, 0.25) is 5.88 Å². The molecule has 4 aromatic rings. The fraction of sp³-hybridized carbons (Fsp3) is 0.105. The average molecular weight is 397 g/mol. The van der Waals surface area contributed by atoms with Crippen molar-refractivity contribution in [1.82, 2.24) is 19.6 Å². The summed E-state index contributed by atoms with van der Waals surface area (Å²) in [6.45, 7) is 0.184. The Kier molecular flexibility index (Phi) is 4.82. The molecule has 0 aliphatic heterocycles. The van der Waals surface area contributed by atoms with Crippen molar-refractivity contribution in [3.8, 4) is 17.3 Å². The smallest absolute Gasteiger partial charge is 0.269 e. The van der Waals surface area contributed by atoms with Crippen molar-refractivity contribution >= 4 is 11.3 Å². The Balaban J connectivity index is 1.59. The Hall–Kier alpha value is -3.95. The number of rotatable bonds is 6. The van der Waals surface area contributed by atoms with Crippen molar-refractivity contribution in [3.05, 3.63) is 82.2 Å². The number of nitro groups is 1. The van der Waals surface area contributed by atoms with Gasteiger partial charge in [-0.25, -0.2) is 13.2 Å². The summed E-state index contributed by atoms with van der Waals surface area (Å²) in [6.07, 6.45) is 3.34. The second-order valence-corrected chi connectivity index (χ2v) is 6.11. The summed E-state index contributed by atoms with van der Waals surface area (Å²) in [4.78, 5) is 14.4. The first-order valence-corrected chi connectivity index (χ1v) is 8.53. The maximum atomic E-state index is 13.3. The van der Waals surface area contributed by atoms with Gasteiger partial charge in [0, 0.05) is 24.1 Å². The zero-order valence-electron chi connectivity index (χ0n) is 14.8. The number of hydrogen-bond donors (Lipinski definition) is 0. The summed E-state index contributed by atoms with van der Waals surface area (Å²) in [6, 6.07) is 9.57. The standard InChI is InChI=1S/C19H13F2N5O3/c20-15-6-1-12(9-16(15)21)7-8-29-18-11-22-10-17-23-24-19(25(17)18)13-2-4-14(5-3-13)26(27)28/h1-6,9-11H,7-8H2. The van der Waals surface area contributed by atoms with E-state index in [1.54, 1.807) is 16.5 Å². The fourth-order valence-corrected chi connectivity index (χ4v) is 2.81. The van der Waals surface area contributed by atoms with Crippen LogP contribution in [0.1, 0.15) is 5.56 Å². The van der Waals surface area contributed by atoms with Gasteiger partial charge in [-0.05, 0) is 29.8 Å². The fourth-order valence-electron chi connectivity index (χ4n) is 2.81. The number of aromatic nitrogens is 4. The van der Waals surface area contributed by atoms with E-state index in [1.807, 2.05) is 0 Å².